The molecule has 0 atom stereocenters. The molecule has 0 saturated carbocycles. The van der Waals surface area contributed by atoms with E-state index in [1.807, 2.05) is 24.4 Å². The molecule has 0 saturated heterocycles. The van der Waals surface area contributed by atoms with Crippen LogP contribution in [-0.4, -0.2) is 16.5 Å². The molecule has 3 aromatic heterocycles. The van der Waals surface area contributed by atoms with Crippen molar-refractivity contribution in [2.24, 2.45) is 0 Å². The number of thiazole rings is 1. The van der Waals surface area contributed by atoms with Crippen LogP contribution in [-0.2, 0) is 13.0 Å². The summed E-state index contributed by atoms with van der Waals surface area (Å²) in [5.41, 5.74) is 2.18. The number of rotatable bonds is 6. The molecule has 3 nitrogen and oxygen atoms in total. The van der Waals surface area contributed by atoms with Crippen LogP contribution in [0.15, 0.2) is 47.3 Å². The Morgan fingerprint density at radius 3 is 2.90 bits per heavy atom. The summed E-state index contributed by atoms with van der Waals surface area (Å²) in [7, 11) is 0. The van der Waals surface area contributed by atoms with E-state index in [0.717, 1.165) is 30.9 Å². The molecule has 0 fully saturated rings. The summed E-state index contributed by atoms with van der Waals surface area (Å²) in [6, 6.07) is 10.2. The van der Waals surface area contributed by atoms with Crippen molar-refractivity contribution in [2.75, 3.05) is 6.54 Å². The quantitative estimate of drug-likeness (QED) is 0.707. The predicted molar refractivity (Wildman–Crippen MR) is 85.1 cm³/mol. The fourth-order valence-corrected chi connectivity index (χ4v) is 3.44. The summed E-state index contributed by atoms with van der Waals surface area (Å²) in [5, 5.41) is 8.81. The highest BCUT2D eigenvalue weighted by Crippen LogP contribution is 2.26. The minimum atomic E-state index is 0.810. The average molecular weight is 301 g/mol. The first-order valence-corrected chi connectivity index (χ1v) is 8.26. The van der Waals surface area contributed by atoms with E-state index in [-0.39, 0.29) is 0 Å². The number of nitrogens with one attached hydrogen (secondary N) is 1. The largest absolute Gasteiger partial charge is 0.311 e. The molecule has 0 spiro atoms. The van der Waals surface area contributed by atoms with Crippen LogP contribution < -0.4 is 5.32 Å². The van der Waals surface area contributed by atoms with Crippen LogP contribution in [0.1, 0.15) is 10.7 Å². The van der Waals surface area contributed by atoms with E-state index in [0.29, 0.717) is 0 Å². The monoisotopic (exact) mass is 301 g/mol. The zero-order chi connectivity index (χ0) is 13.6. The molecule has 0 radical (unpaired) electrons. The predicted octanol–water partition coefficient (Wildman–Crippen LogP) is 3.60. The third kappa shape index (κ3) is 3.50. The fraction of sp³-hybridized carbons (Fsp3) is 0.200. The summed E-state index contributed by atoms with van der Waals surface area (Å²) in [6.07, 6.45) is 2.79. The van der Waals surface area contributed by atoms with Gasteiger partial charge in [-0.05, 0) is 23.6 Å². The van der Waals surface area contributed by atoms with E-state index < -0.39 is 0 Å². The minimum absolute atomic E-state index is 0.810. The number of thiophene rings is 1. The van der Waals surface area contributed by atoms with Gasteiger partial charge in [-0.15, -0.1) is 22.7 Å². The van der Waals surface area contributed by atoms with Crippen LogP contribution >= 0.6 is 22.7 Å². The molecule has 0 unspecified atom stereocenters. The van der Waals surface area contributed by atoms with Crippen molar-refractivity contribution in [1.29, 1.82) is 0 Å². The summed E-state index contributed by atoms with van der Waals surface area (Å²) in [4.78, 5) is 10.2. The summed E-state index contributed by atoms with van der Waals surface area (Å²) < 4.78 is 0. The van der Waals surface area contributed by atoms with Crippen LogP contribution in [0.2, 0.25) is 0 Å². The molecule has 0 amide bonds. The smallest absolute Gasteiger partial charge is 0.0945 e. The lowest BCUT2D eigenvalue weighted by Gasteiger charge is -2.02. The van der Waals surface area contributed by atoms with Crippen molar-refractivity contribution in [3.63, 3.8) is 0 Å². The third-order valence-corrected chi connectivity index (χ3v) is 4.67. The molecule has 102 valence electrons. The van der Waals surface area contributed by atoms with Crippen molar-refractivity contribution in [3.05, 3.63) is 58.0 Å². The van der Waals surface area contributed by atoms with E-state index in [1.54, 1.807) is 22.7 Å². The molecule has 0 aliphatic carbocycles. The number of aromatic nitrogens is 2. The molecule has 0 bridgehead atoms. The first-order chi connectivity index (χ1) is 9.92. The summed E-state index contributed by atoms with van der Waals surface area (Å²) >= 11 is 3.47. The highest BCUT2D eigenvalue weighted by Gasteiger charge is 2.05. The number of hydrogen-bond donors (Lipinski definition) is 1. The van der Waals surface area contributed by atoms with Gasteiger partial charge in [0.25, 0.3) is 0 Å². The Bertz CT molecular complexity index is 632. The van der Waals surface area contributed by atoms with Gasteiger partial charge >= 0.3 is 0 Å². The maximum Gasteiger partial charge on any atom is 0.0945 e. The van der Waals surface area contributed by atoms with Crippen molar-refractivity contribution in [2.45, 2.75) is 13.0 Å². The topological polar surface area (TPSA) is 37.8 Å². The highest BCUT2D eigenvalue weighted by molar-refractivity contribution is 7.14. The van der Waals surface area contributed by atoms with Gasteiger partial charge in [0.15, 0.2) is 0 Å². The van der Waals surface area contributed by atoms with Crippen LogP contribution in [0.5, 0.6) is 0 Å². The standard InChI is InChI=1S/C15H15N3S2/c1-2-7-17-12(4-1)10-16-8-6-15-18-13(11-20-15)14-5-3-9-19-14/h1-5,7,9,11,16H,6,8,10H2. The Hall–Kier alpha value is -1.56. The maximum absolute atomic E-state index is 4.67. The second-order valence-electron chi connectivity index (χ2n) is 4.35. The molecule has 0 aromatic carbocycles. The van der Waals surface area contributed by atoms with Crippen molar-refractivity contribution < 1.29 is 0 Å². The second kappa shape index (κ2) is 6.74. The first-order valence-electron chi connectivity index (χ1n) is 6.51. The van der Waals surface area contributed by atoms with Crippen molar-refractivity contribution >= 4 is 22.7 Å². The van der Waals surface area contributed by atoms with Gasteiger partial charge in [0.2, 0.25) is 0 Å². The number of hydrogen-bond acceptors (Lipinski definition) is 5. The molecule has 5 heteroatoms. The molecule has 20 heavy (non-hydrogen) atoms. The maximum atomic E-state index is 4.67. The molecular weight excluding hydrogens is 286 g/mol. The van der Waals surface area contributed by atoms with E-state index in [1.165, 1.54) is 9.88 Å². The van der Waals surface area contributed by atoms with Gasteiger partial charge in [-0.1, -0.05) is 12.1 Å². The van der Waals surface area contributed by atoms with Gasteiger partial charge in [-0.25, -0.2) is 4.98 Å². The summed E-state index contributed by atoms with van der Waals surface area (Å²) in [5.74, 6) is 0. The van der Waals surface area contributed by atoms with Crippen LogP contribution in [0.3, 0.4) is 0 Å². The van der Waals surface area contributed by atoms with Crippen molar-refractivity contribution in [1.82, 2.24) is 15.3 Å². The fourth-order valence-electron chi connectivity index (χ4n) is 1.88. The van der Waals surface area contributed by atoms with Crippen LogP contribution in [0.4, 0.5) is 0 Å². The molecule has 0 aliphatic rings. The van der Waals surface area contributed by atoms with Crippen LogP contribution in [0.25, 0.3) is 10.6 Å². The molecule has 3 aromatic rings. The van der Waals surface area contributed by atoms with Gasteiger partial charge in [-0.2, -0.15) is 0 Å². The number of nitrogens with zero attached hydrogens (tertiary/aromatic N) is 2. The zero-order valence-corrected chi connectivity index (χ0v) is 12.6. The Morgan fingerprint density at radius 1 is 1.10 bits per heavy atom. The number of pyridine rings is 1. The van der Waals surface area contributed by atoms with Crippen LogP contribution in [0, 0.1) is 0 Å². The molecule has 3 heterocycles. The minimum Gasteiger partial charge on any atom is -0.311 e. The normalized spacial score (nSPS) is 10.8. The Kier molecular flexibility index (Phi) is 4.53. The molecule has 0 aliphatic heterocycles. The first kappa shape index (κ1) is 13.4. The van der Waals surface area contributed by atoms with E-state index in [4.69, 9.17) is 0 Å². The van der Waals surface area contributed by atoms with Gasteiger partial charge in [0.1, 0.15) is 0 Å². The Balaban J connectivity index is 1.47. The van der Waals surface area contributed by atoms with Gasteiger partial charge in [-0.3, -0.25) is 4.98 Å². The zero-order valence-electron chi connectivity index (χ0n) is 11.0. The second-order valence-corrected chi connectivity index (χ2v) is 6.24. The highest BCUT2D eigenvalue weighted by atomic mass is 32.1. The third-order valence-electron chi connectivity index (χ3n) is 2.87. The van der Waals surface area contributed by atoms with E-state index >= 15 is 0 Å². The van der Waals surface area contributed by atoms with E-state index in [2.05, 4.69) is 38.2 Å². The lowest BCUT2D eigenvalue weighted by Crippen LogP contribution is -2.17. The molecule has 1 N–H and O–H groups in total. The Labute approximate surface area is 126 Å². The Morgan fingerprint density at radius 2 is 2.10 bits per heavy atom. The SMILES string of the molecule is c1ccc(CNCCc2nc(-c3cccs3)cs2)nc1. The lowest BCUT2D eigenvalue weighted by molar-refractivity contribution is 0.673. The van der Waals surface area contributed by atoms with E-state index in [9.17, 15) is 0 Å². The van der Waals surface area contributed by atoms with Crippen molar-refractivity contribution in [3.8, 4) is 10.6 Å². The molecular formula is C15H15N3S2. The van der Waals surface area contributed by atoms with Gasteiger partial charge in [0.05, 0.1) is 21.3 Å². The molecule has 3 rings (SSSR count). The van der Waals surface area contributed by atoms with Gasteiger partial charge in [0, 0.05) is 31.1 Å². The lowest BCUT2D eigenvalue weighted by atomic mass is 10.3. The summed E-state index contributed by atoms with van der Waals surface area (Å²) in [6.45, 7) is 1.73. The van der Waals surface area contributed by atoms with Gasteiger partial charge < -0.3 is 5.32 Å². The average Bonchev–Trinajstić information content (AvgIpc) is 3.15.